The van der Waals surface area contributed by atoms with E-state index >= 15 is 0 Å². The number of hydrogen-bond acceptors (Lipinski definition) is 3. The molecule has 0 aliphatic rings. The van der Waals surface area contributed by atoms with Gasteiger partial charge in [-0.05, 0) is 43.0 Å². The number of nitrogens with zero attached hydrogens (tertiary/aromatic N) is 1. The topological polar surface area (TPSA) is 23.5 Å². The van der Waals surface area contributed by atoms with Gasteiger partial charge in [-0.25, -0.2) is 0 Å². The number of anilines is 1. The van der Waals surface area contributed by atoms with Crippen LogP contribution in [0.1, 0.15) is 29.3 Å². The summed E-state index contributed by atoms with van der Waals surface area (Å²) < 4.78 is 0. The monoisotopic (exact) mass is 299 g/mol. The molecule has 0 saturated heterocycles. The molecule has 21 heavy (non-hydrogen) atoms. The third kappa shape index (κ3) is 4.35. The highest BCUT2D eigenvalue weighted by Crippen LogP contribution is 2.23. The predicted octanol–water partition coefficient (Wildman–Crippen LogP) is 3.82. The molecule has 110 valence electrons. The van der Waals surface area contributed by atoms with Crippen molar-refractivity contribution in [3.8, 4) is 11.8 Å². The molecule has 0 amide bonds. The molecule has 0 atom stereocenters. The van der Waals surface area contributed by atoms with Crippen LogP contribution in [0.15, 0.2) is 35.7 Å². The van der Waals surface area contributed by atoms with Gasteiger partial charge < -0.3 is 10.0 Å². The van der Waals surface area contributed by atoms with E-state index in [9.17, 15) is 0 Å². The lowest BCUT2D eigenvalue weighted by atomic mass is 10.2. The van der Waals surface area contributed by atoms with Crippen LogP contribution in [0.25, 0.3) is 0 Å². The highest BCUT2D eigenvalue weighted by molar-refractivity contribution is 7.10. The van der Waals surface area contributed by atoms with E-state index in [1.807, 2.05) is 0 Å². The van der Waals surface area contributed by atoms with Crippen LogP contribution in [-0.4, -0.2) is 18.3 Å². The molecule has 0 unspecified atom stereocenters. The van der Waals surface area contributed by atoms with E-state index < -0.39 is 0 Å². The van der Waals surface area contributed by atoms with E-state index in [0.29, 0.717) is 6.42 Å². The van der Waals surface area contributed by atoms with Crippen LogP contribution in [0.4, 0.5) is 5.69 Å². The Bertz CT molecular complexity index is 636. The van der Waals surface area contributed by atoms with Gasteiger partial charge in [0, 0.05) is 29.1 Å². The molecule has 1 aromatic carbocycles. The first-order valence-electron chi connectivity index (χ1n) is 7.22. The Balaban J connectivity index is 2.16. The van der Waals surface area contributed by atoms with Crippen LogP contribution in [0.3, 0.4) is 0 Å². The molecule has 2 aromatic rings. The lowest BCUT2D eigenvalue weighted by Crippen LogP contribution is -2.21. The first-order valence-corrected chi connectivity index (χ1v) is 8.10. The van der Waals surface area contributed by atoms with Crippen molar-refractivity contribution >= 4 is 17.0 Å². The Morgan fingerprint density at radius 1 is 1.29 bits per heavy atom. The van der Waals surface area contributed by atoms with E-state index in [4.69, 9.17) is 5.11 Å². The fraction of sp³-hybridized carbons (Fsp3) is 0.333. The quantitative estimate of drug-likeness (QED) is 0.849. The Kier molecular flexibility index (Phi) is 5.86. The van der Waals surface area contributed by atoms with Crippen LogP contribution >= 0.6 is 11.3 Å². The van der Waals surface area contributed by atoms with Gasteiger partial charge in [-0.15, -0.1) is 11.3 Å². The van der Waals surface area contributed by atoms with Crippen molar-refractivity contribution < 1.29 is 5.11 Å². The standard InChI is InChI=1S/C18H21NOS/c1-3-19(17-9-6-7-15(2)13-17)14-18-16(10-12-21-18)8-4-5-11-20/h6-7,9-10,12-13,20H,3,5,11,14H2,1-2H3. The maximum absolute atomic E-state index is 8.81. The summed E-state index contributed by atoms with van der Waals surface area (Å²) in [7, 11) is 0. The second kappa shape index (κ2) is 7.87. The normalized spacial score (nSPS) is 10.0. The fourth-order valence-corrected chi connectivity index (χ4v) is 3.02. The van der Waals surface area contributed by atoms with Gasteiger partial charge >= 0.3 is 0 Å². The van der Waals surface area contributed by atoms with Crippen molar-refractivity contribution in [3.05, 3.63) is 51.7 Å². The Labute approximate surface area is 131 Å². The van der Waals surface area contributed by atoms with Crippen molar-refractivity contribution in [2.24, 2.45) is 0 Å². The number of aryl methyl sites for hydroxylation is 1. The molecule has 1 N–H and O–H groups in total. The maximum Gasteiger partial charge on any atom is 0.0540 e. The molecule has 1 heterocycles. The zero-order chi connectivity index (χ0) is 15.1. The first-order chi connectivity index (χ1) is 10.2. The number of aliphatic hydroxyl groups excluding tert-OH is 1. The van der Waals surface area contributed by atoms with Crippen molar-refractivity contribution in [1.29, 1.82) is 0 Å². The summed E-state index contributed by atoms with van der Waals surface area (Å²) in [6, 6.07) is 10.7. The van der Waals surface area contributed by atoms with Crippen LogP contribution < -0.4 is 4.90 Å². The molecule has 2 nitrogen and oxygen atoms in total. The molecule has 0 fully saturated rings. The molecular formula is C18H21NOS. The molecule has 3 heteroatoms. The predicted molar refractivity (Wildman–Crippen MR) is 90.8 cm³/mol. The van der Waals surface area contributed by atoms with Gasteiger partial charge in [-0.1, -0.05) is 24.0 Å². The summed E-state index contributed by atoms with van der Waals surface area (Å²) in [5.74, 6) is 6.17. The van der Waals surface area contributed by atoms with Crippen LogP contribution in [0.2, 0.25) is 0 Å². The molecule has 1 aromatic heterocycles. The van der Waals surface area contributed by atoms with Crippen LogP contribution in [0, 0.1) is 18.8 Å². The minimum Gasteiger partial charge on any atom is -0.395 e. The first kappa shape index (κ1) is 15.6. The zero-order valence-electron chi connectivity index (χ0n) is 12.6. The van der Waals surface area contributed by atoms with Crippen LogP contribution in [0.5, 0.6) is 0 Å². The second-order valence-electron chi connectivity index (χ2n) is 4.89. The van der Waals surface area contributed by atoms with E-state index in [1.165, 1.54) is 16.1 Å². The Morgan fingerprint density at radius 2 is 2.14 bits per heavy atom. The summed E-state index contributed by atoms with van der Waals surface area (Å²) in [4.78, 5) is 3.64. The summed E-state index contributed by atoms with van der Waals surface area (Å²) in [5.41, 5.74) is 3.61. The average molecular weight is 299 g/mol. The van der Waals surface area contributed by atoms with Gasteiger partial charge in [0.05, 0.1) is 13.2 Å². The number of thiophene rings is 1. The molecular weight excluding hydrogens is 278 g/mol. The summed E-state index contributed by atoms with van der Waals surface area (Å²) in [6.07, 6.45) is 0.532. The van der Waals surface area contributed by atoms with Gasteiger partial charge in [-0.3, -0.25) is 0 Å². The fourth-order valence-electron chi connectivity index (χ4n) is 2.17. The summed E-state index contributed by atoms with van der Waals surface area (Å²) in [5, 5.41) is 10.9. The lowest BCUT2D eigenvalue weighted by molar-refractivity contribution is 0.305. The van der Waals surface area contributed by atoms with Gasteiger partial charge in [-0.2, -0.15) is 0 Å². The third-order valence-corrected chi connectivity index (χ3v) is 4.19. The zero-order valence-corrected chi connectivity index (χ0v) is 13.4. The van der Waals surface area contributed by atoms with E-state index in [2.05, 4.69) is 66.3 Å². The Morgan fingerprint density at radius 3 is 2.86 bits per heavy atom. The van der Waals surface area contributed by atoms with Gasteiger partial charge in [0.2, 0.25) is 0 Å². The SMILES string of the molecule is CCN(Cc1sccc1C#CCCO)c1cccc(C)c1. The highest BCUT2D eigenvalue weighted by Gasteiger charge is 2.09. The number of hydrogen-bond donors (Lipinski definition) is 1. The summed E-state index contributed by atoms with van der Waals surface area (Å²) in [6.45, 7) is 6.25. The van der Waals surface area contributed by atoms with Gasteiger partial charge in [0.15, 0.2) is 0 Å². The highest BCUT2D eigenvalue weighted by atomic mass is 32.1. The molecule has 0 aliphatic heterocycles. The largest absolute Gasteiger partial charge is 0.395 e. The molecule has 0 radical (unpaired) electrons. The second-order valence-corrected chi connectivity index (χ2v) is 5.89. The van der Waals surface area contributed by atoms with Crippen molar-refractivity contribution in [2.45, 2.75) is 26.8 Å². The number of aliphatic hydroxyl groups is 1. The maximum atomic E-state index is 8.81. The van der Waals surface area contributed by atoms with E-state index in [-0.39, 0.29) is 6.61 Å². The van der Waals surface area contributed by atoms with Crippen molar-refractivity contribution in [2.75, 3.05) is 18.1 Å². The minimum absolute atomic E-state index is 0.122. The molecule has 2 rings (SSSR count). The minimum atomic E-state index is 0.122. The van der Waals surface area contributed by atoms with Gasteiger partial charge in [0.1, 0.15) is 0 Å². The molecule has 0 bridgehead atoms. The Hall–Kier alpha value is -1.76. The van der Waals surface area contributed by atoms with E-state index in [1.54, 1.807) is 11.3 Å². The molecule has 0 saturated carbocycles. The summed E-state index contributed by atoms with van der Waals surface area (Å²) >= 11 is 1.74. The lowest BCUT2D eigenvalue weighted by Gasteiger charge is -2.23. The average Bonchev–Trinajstić information content (AvgIpc) is 2.92. The van der Waals surface area contributed by atoms with Gasteiger partial charge in [0.25, 0.3) is 0 Å². The molecule has 0 aliphatic carbocycles. The van der Waals surface area contributed by atoms with E-state index in [0.717, 1.165) is 18.7 Å². The van der Waals surface area contributed by atoms with Crippen molar-refractivity contribution in [1.82, 2.24) is 0 Å². The smallest absolute Gasteiger partial charge is 0.0540 e. The molecule has 0 spiro atoms. The third-order valence-electron chi connectivity index (χ3n) is 3.29. The number of benzene rings is 1. The van der Waals surface area contributed by atoms with Crippen molar-refractivity contribution in [3.63, 3.8) is 0 Å². The van der Waals surface area contributed by atoms with Crippen LogP contribution in [-0.2, 0) is 6.54 Å². The number of rotatable bonds is 5.